The van der Waals surface area contributed by atoms with E-state index in [0.29, 0.717) is 34.3 Å². The zero-order valence-corrected chi connectivity index (χ0v) is 15.5. The number of nitrogens with one attached hydrogen (secondary N) is 2. The summed E-state index contributed by atoms with van der Waals surface area (Å²) in [6.45, 7) is 0.184. The molecule has 8 nitrogen and oxygen atoms in total. The Morgan fingerprint density at radius 1 is 0.964 bits per heavy atom. The summed E-state index contributed by atoms with van der Waals surface area (Å²) in [6.07, 6.45) is 0.621. The fraction of sp³-hybridized carbons (Fsp3) is 0.158. The normalized spacial score (nSPS) is 11.9. The Balaban J connectivity index is 1.29. The monoisotopic (exact) mass is 396 g/mol. The summed E-state index contributed by atoms with van der Waals surface area (Å²) in [6, 6.07) is 14.3. The first-order chi connectivity index (χ1) is 13.7. The molecule has 2 N–H and O–H groups in total. The highest BCUT2D eigenvalue weighted by molar-refractivity contribution is 7.13. The molecule has 0 saturated heterocycles. The highest BCUT2D eigenvalue weighted by Gasteiger charge is 2.16. The molecular formula is C19H16N4O4S. The van der Waals surface area contributed by atoms with Crippen molar-refractivity contribution in [2.75, 3.05) is 17.4 Å². The number of carbonyl (C=O) groups excluding carboxylic acids is 2. The minimum absolute atomic E-state index is 0.163. The fourth-order valence-corrected chi connectivity index (χ4v) is 3.31. The summed E-state index contributed by atoms with van der Waals surface area (Å²) < 4.78 is 10.5. The molecule has 0 atom stereocenters. The van der Waals surface area contributed by atoms with Crippen molar-refractivity contribution < 1.29 is 19.1 Å². The second-order valence-corrected chi connectivity index (χ2v) is 7.00. The van der Waals surface area contributed by atoms with Gasteiger partial charge in [-0.1, -0.05) is 29.5 Å². The molecule has 4 rings (SSSR count). The first kappa shape index (κ1) is 17.9. The Kier molecular flexibility index (Phi) is 5.16. The van der Waals surface area contributed by atoms with Crippen LogP contribution in [0.4, 0.5) is 11.4 Å². The maximum Gasteiger partial charge on any atom is 0.286 e. The number of amides is 2. The molecule has 1 aliphatic heterocycles. The van der Waals surface area contributed by atoms with Crippen LogP contribution in [0.25, 0.3) is 0 Å². The molecule has 142 valence electrons. The van der Waals surface area contributed by atoms with Crippen LogP contribution in [0.3, 0.4) is 0 Å². The summed E-state index contributed by atoms with van der Waals surface area (Å²) >= 11 is 1.17. The van der Waals surface area contributed by atoms with Gasteiger partial charge in [0, 0.05) is 30.3 Å². The van der Waals surface area contributed by atoms with Crippen molar-refractivity contribution in [2.24, 2.45) is 0 Å². The molecule has 28 heavy (non-hydrogen) atoms. The summed E-state index contributed by atoms with van der Waals surface area (Å²) in [7, 11) is 0. The number of para-hydroxylation sites is 1. The minimum atomic E-state index is -0.320. The van der Waals surface area contributed by atoms with Gasteiger partial charge in [0.2, 0.25) is 17.7 Å². The number of hydrogen-bond acceptors (Lipinski definition) is 7. The highest BCUT2D eigenvalue weighted by Crippen LogP contribution is 2.34. The number of nitrogens with zero attached hydrogens (tertiary/aromatic N) is 2. The first-order valence-corrected chi connectivity index (χ1v) is 9.37. The van der Waals surface area contributed by atoms with Crippen molar-refractivity contribution in [3.8, 4) is 11.5 Å². The van der Waals surface area contributed by atoms with E-state index in [0.717, 1.165) is 0 Å². The zero-order chi connectivity index (χ0) is 19.3. The number of rotatable bonds is 6. The number of benzene rings is 2. The number of aryl methyl sites for hydroxylation is 1. The van der Waals surface area contributed by atoms with Crippen LogP contribution in [-0.4, -0.2) is 28.8 Å². The van der Waals surface area contributed by atoms with Crippen LogP contribution in [0.5, 0.6) is 11.5 Å². The van der Waals surface area contributed by atoms with Gasteiger partial charge in [0.05, 0.1) is 0 Å². The highest BCUT2D eigenvalue weighted by atomic mass is 32.1. The third-order valence-electron chi connectivity index (χ3n) is 3.92. The third kappa shape index (κ3) is 4.26. The standard InChI is InChI=1S/C19H16N4O4S/c24-16(20-13-6-7-14-15(10-13)27-11-26-14)8-9-17-22-23-19(28-17)18(25)21-12-4-2-1-3-5-12/h1-7,10H,8-9,11H2,(H,20,24)(H,21,25). The van der Waals surface area contributed by atoms with E-state index in [9.17, 15) is 9.59 Å². The summed E-state index contributed by atoms with van der Waals surface area (Å²) in [5.41, 5.74) is 1.32. The van der Waals surface area contributed by atoms with Crippen molar-refractivity contribution in [3.05, 3.63) is 58.5 Å². The molecular weight excluding hydrogens is 380 g/mol. The van der Waals surface area contributed by atoms with E-state index >= 15 is 0 Å². The van der Waals surface area contributed by atoms with E-state index in [1.807, 2.05) is 18.2 Å². The molecule has 2 amide bonds. The fourth-order valence-electron chi connectivity index (χ4n) is 2.57. The molecule has 9 heteroatoms. The minimum Gasteiger partial charge on any atom is -0.454 e. The second kappa shape index (κ2) is 8.05. The maximum atomic E-state index is 12.2. The van der Waals surface area contributed by atoms with Crippen molar-refractivity contribution in [3.63, 3.8) is 0 Å². The quantitative estimate of drug-likeness (QED) is 0.664. The van der Waals surface area contributed by atoms with Crippen LogP contribution >= 0.6 is 11.3 Å². The lowest BCUT2D eigenvalue weighted by atomic mass is 10.2. The molecule has 2 heterocycles. The predicted octanol–water partition coefficient (Wildman–Crippen LogP) is 3.09. The average molecular weight is 396 g/mol. The van der Waals surface area contributed by atoms with E-state index in [1.165, 1.54) is 11.3 Å². The molecule has 0 saturated carbocycles. The molecule has 0 bridgehead atoms. The molecule has 0 spiro atoms. The lowest BCUT2D eigenvalue weighted by Crippen LogP contribution is -2.12. The van der Waals surface area contributed by atoms with Gasteiger partial charge < -0.3 is 20.1 Å². The predicted molar refractivity (Wildman–Crippen MR) is 104 cm³/mol. The Bertz CT molecular complexity index is 1010. The van der Waals surface area contributed by atoms with Gasteiger partial charge in [-0.05, 0) is 24.3 Å². The van der Waals surface area contributed by atoms with Gasteiger partial charge in [-0.3, -0.25) is 9.59 Å². The first-order valence-electron chi connectivity index (χ1n) is 8.56. The third-order valence-corrected chi connectivity index (χ3v) is 4.90. The number of aromatic nitrogens is 2. The molecule has 0 radical (unpaired) electrons. The Morgan fingerprint density at radius 3 is 2.64 bits per heavy atom. The lowest BCUT2D eigenvalue weighted by Gasteiger charge is -2.05. The van der Waals surface area contributed by atoms with Crippen LogP contribution in [0.15, 0.2) is 48.5 Å². The summed E-state index contributed by atoms with van der Waals surface area (Å²) in [4.78, 5) is 24.4. The van der Waals surface area contributed by atoms with Crippen LogP contribution in [0.2, 0.25) is 0 Å². The SMILES string of the molecule is O=C(CCc1nnc(C(=O)Nc2ccccc2)s1)Nc1ccc2c(c1)OCO2. The number of carbonyl (C=O) groups is 2. The van der Waals surface area contributed by atoms with E-state index in [4.69, 9.17) is 9.47 Å². The van der Waals surface area contributed by atoms with Crippen molar-refractivity contribution in [2.45, 2.75) is 12.8 Å². The van der Waals surface area contributed by atoms with E-state index in [2.05, 4.69) is 20.8 Å². The number of ether oxygens (including phenoxy) is 2. The molecule has 1 aliphatic rings. The maximum absolute atomic E-state index is 12.2. The van der Waals surface area contributed by atoms with Gasteiger partial charge >= 0.3 is 0 Å². The van der Waals surface area contributed by atoms with Crippen LogP contribution < -0.4 is 20.1 Å². The number of fused-ring (bicyclic) bond motifs is 1. The van der Waals surface area contributed by atoms with Crippen molar-refractivity contribution in [1.29, 1.82) is 0 Å². The molecule has 2 aromatic carbocycles. The van der Waals surface area contributed by atoms with Crippen LogP contribution in [-0.2, 0) is 11.2 Å². The van der Waals surface area contributed by atoms with E-state index in [-0.39, 0.29) is 30.0 Å². The van der Waals surface area contributed by atoms with E-state index < -0.39 is 0 Å². The Labute approximate surface area is 164 Å². The van der Waals surface area contributed by atoms with Crippen molar-refractivity contribution in [1.82, 2.24) is 10.2 Å². The van der Waals surface area contributed by atoms with E-state index in [1.54, 1.807) is 30.3 Å². The molecule has 1 aromatic heterocycles. The zero-order valence-electron chi connectivity index (χ0n) is 14.7. The van der Waals surface area contributed by atoms with Crippen molar-refractivity contribution >= 4 is 34.5 Å². The Hall–Kier alpha value is -3.46. The van der Waals surface area contributed by atoms with Gasteiger partial charge in [0.25, 0.3) is 5.91 Å². The summed E-state index contributed by atoms with van der Waals surface area (Å²) in [5, 5.41) is 14.4. The molecule has 0 unspecified atom stereocenters. The molecule has 3 aromatic rings. The lowest BCUT2D eigenvalue weighted by molar-refractivity contribution is -0.116. The second-order valence-electron chi connectivity index (χ2n) is 5.94. The van der Waals surface area contributed by atoms with Gasteiger partial charge in [-0.15, -0.1) is 10.2 Å². The van der Waals surface area contributed by atoms with Crippen LogP contribution in [0.1, 0.15) is 21.2 Å². The smallest absolute Gasteiger partial charge is 0.286 e. The molecule has 0 aliphatic carbocycles. The van der Waals surface area contributed by atoms with Gasteiger partial charge in [-0.2, -0.15) is 0 Å². The van der Waals surface area contributed by atoms with Gasteiger partial charge in [0.1, 0.15) is 5.01 Å². The van der Waals surface area contributed by atoms with Gasteiger partial charge in [-0.25, -0.2) is 0 Å². The van der Waals surface area contributed by atoms with Crippen LogP contribution in [0, 0.1) is 0 Å². The molecule has 0 fully saturated rings. The number of hydrogen-bond donors (Lipinski definition) is 2. The average Bonchev–Trinajstić information content (AvgIpc) is 3.36. The number of anilines is 2. The van der Waals surface area contributed by atoms with Gasteiger partial charge in [0.15, 0.2) is 11.5 Å². The topological polar surface area (TPSA) is 102 Å². The largest absolute Gasteiger partial charge is 0.454 e. The summed E-state index contributed by atoms with van der Waals surface area (Å²) in [5.74, 6) is 0.785. The Morgan fingerprint density at radius 2 is 1.79 bits per heavy atom.